The molecule has 0 aliphatic carbocycles. The molecule has 0 aliphatic rings. The van der Waals surface area contributed by atoms with Crippen molar-refractivity contribution in [2.45, 2.75) is 53.0 Å². The zero-order valence-electron chi connectivity index (χ0n) is 16.6. The molecule has 0 aromatic heterocycles. The van der Waals surface area contributed by atoms with Crippen LogP contribution < -0.4 is 10.6 Å². The fourth-order valence-electron chi connectivity index (χ4n) is 2.84. The molecule has 0 fully saturated rings. The molecule has 0 saturated heterocycles. The lowest BCUT2D eigenvalue weighted by Gasteiger charge is -2.21. The fourth-order valence-corrected chi connectivity index (χ4v) is 2.84. The maximum atomic E-state index is 13.7. The van der Waals surface area contributed by atoms with Gasteiger partial charge in [0.25, 0.3) is 0 Å². The third-order valence-electron chi connectivity index (χ3n) is 4.43. The van der Waals surface area contributed by atoms with Crippen LogP contribution in [-0.2, 0) is 6.42 Å². The Hall–Kier alpha value is -1.69. The van der Waals surface area contributed by atoms with Crippen molar-refractivity contribution in [3.8, 4) is 0 Å². The van der Waals surface area contributed by atoms with Crippen LogP contribution in [0.25, 0.3) is 0 Å². The molecule has 26 heavy (non-hydrogen) atoms. The molecule has 1 rings (SSSR count). The van der Waals surface area contributed by atoms with E-state index in [4.69, 9.17) is 0 Å². The Morgan fingerprint density at radius 3 is 2.38 bits per heavy atom. The summed E-state index contributed by atoms with van der Waals surface area (Å²) >= 11 is 0. The Kier molecular flexibility index (Phi) is 10.9. The van der Waals surface area contributed by atoms with Gasteiger partial charge in [0.2, 0.25) is 0 Å². The van der Waals surface area contributed by atoms with E-state index in [1.807, 2.05) is 6.92 Å². The zero-order valence-corrected chi connectivity index (χ0v) is 16.6. The predicted molar refractivity (Wildman–Crippen MR) is 106 cm³/mol. The van der Waals surface area contributed by atoms with E-state index >= 15 is 0 Å². The van der Waals surface area contributed by atoms with Crippen molar-refractivity contribution in [2.24, 2.45) is 4.99 Å². The smallest absolute Gasteiger partial charge is 0.191 e. The summed E-state index contributed by atoms with van der Waals surface area (Å²) < 4.78 is 27.3. The van der Waals surface area contributed by atoms with Crippen LogP contribution in [0.4, 0.5) is 8.78 Å². The molecule has 0 saturated carbocycles. The molecule has 0 amide bonds. The van der Waals surface area contributed by atoms with E-state index in [0.29, 0.717) is 12.5 Å². The van der Waals surface area contributed by atoms with Gasteiger partial charge in [0, 0.05) is 24.7 Å². The molecule has 0 bridgehead atoms. The minimum Gasteiger partial charge on any atom is -0.357 e. The SMILES string of the molecule is CCNC(=NCCc1c(F)cccc1F)NC(C)CCCN(CC)CC. The summed E-state index contributed by atoms with van der Waals surface area (Å²) in [4.78, 5) is 6.87. The molecule has 1 unspecified atom stereocenters. The highest BCUT2D eigenvalue weighted by molar-refractivity contribution is 5.80. The second kappa shape index (κ2) is 12.6. The van der Waals surface area contributed by atoms with E-state index < -0.39 is 11.6 Å². The Balaban J connectivity index is 2.49. The molecular weight excluding hydrogens is 334 g/mol. The van der Waals surface area contributed by atoms with Crippen LogP contribution in [0.2, 0.25) is 0 Å². The first kappa shape index (κ1) is 22.4. The van der Waals surface area contributed by atoms with Gasteiger partial charge in [-0.1, -0.05) is 19.9 Å². The van der Waals surface area contributed by atoms with Crippen LogP contribution in [0.3, 0.4) is 0 Å². The molecule has 6 heteroatoms. The molecule has 0 heterocycles. The van der Waals surface area contributed by atoms with Gasteiger partial charge in [-0.3, -0.25) is 4.99 Å². The van der Waals surface area contributed by atoms with E-state index in [2.05, 4.69) is 41.3 Å². The maximum absolute atomic E-state index is 13.7. The van der Waals surface area contributed by atoms with Crippen molar-refractivity contribution in [3.05, 3.63) is 35.4 Å². The van der Waals surface area contributed by atoms with Crippen molar-refractivity contribution in [2.75, 3.05) is 32.7 Å². The van der Waals surface area contributed by atoms with E-state index in [-0.39, 0.29) is 18.0 Å². The third-order valence-corrected chi connectivity index (χ3v) is 4.43. The van der Waals surface area contributed by atoms with Gasteiger partial charge in [0.05, 0.1) is 0 Å². The largest absolute Gasteiger partial charge is 0.357 e. The number of halogens is 2. The summed E-state index contributed by atoms with van der Waals surface area (Å²) in [5.41, 5.74) is 0.0966. The van der Waals surface area contributed by atoms with Gasteiger partial charge >= 0.3 is 0 Å². The van der Waals surface area contributed by atoms with Crippen molar-refractivity contribution in [3.63, 3.8) is 0 Å². The number of nitrogens with zero attached hydrogens (tertiary/aromatic N) is 2. The standard InChI is InChI=1S/C20H34F2N4/c1-5-23-20(25-16(4)10-9-15-26(6-2)7-3)24-14-13-17-18(21)11-8-12-19(17)22/h8,11-12,16H,5-7,9-10,13-15H2,1-4H3,(H2,23,24,25). The normalized spacial score (nSPS) is 13.1. The number of guanidine groups is 1. The third kappa shape index (κ3) is 8.13. The van der Waals surface area contributed by atoms with Crippen LogP contribution in [0.5, 0.6) is 0 Å². The van der Waals surface area contributed by atoms with E-state index in [1.165, 1.54) is 18.2 Å². The van der Waals surface area contributed by atoms with Gasteiger partial charge < -0.3 is 15.5 Å². The molecule has 0 spiro atoms. The van der Waals surface area contributed by atoms with Gasteiger partial charge in [-0.25, -0.2) is 8.78 Å². The number of benzene rings is 1. The van der Waals surface area contributed by atoms with E-state index in [1.54, 1.807) is 0 Å². The minimum atomic E-state index is -0.511. The lowest BCUT2D eigenvalue weighted by molar-refractivity contribution is 0.292. The van der Waals surface area contributed by atoms with Crippen molar-refractivity contribution >= 4 is 5.96 Å². The van der Waals surface area contributed by atoms with Gasteiger partial charge in [-0.2, -0.15) is 0 Å². The first-order valence-corrected chi connectivity index (χ1v) is 9.71. The first-order valence-electron chi connectivity index (χ1n) is 9.71. The van der Waals surface area contributed by atoms with Crippen LogP contribution in [0.15, 0.2) is 23.2 Å². The van der Waals surface area contributed by atoms with Gasteiger partial charge in [0.1, 0.15) is 11.6 Å². The first-order chi connectivity index (χ1) is 12.5. The second-order valence-electron chi connectivity index (χ2n) is 6.43. The molecular formula is C20H34F2N4. The Morgan fingerprint density at radius 1 is 1.15 bits per heavy atom. The average Bonchev–Trinajstić information content (AvgIpc) is 2.61. The number of nitrogens with one attached hydrogen (secondary N) is 2. The van der Waals surface area contributed by atoms with Crippen LogP contribution in [-0.4, -0.2) is 49.6 Å². The maximum Gasteiger partial charge on any atom is 0.191 e. The quantitative estimate of drug-likeness (QED) is 0.463. The molecule has 148 valence electrons. The number of aliphatic imine (C=N–C) groups is 1. The topological polar surface area (TPSA) is 39.7 Å². The van der Waals surface area contributed by atoms with Crippen LogP contribution in [0.1, 0.15) is 46.1 Å². The summed E-state index contributed by atoms with van der Waals surface area (Å²) in [6, 6.07) is 4.23. The van der Waals surface area contributed by atoms with Crippen molar-refractivity contribution in [1.82, 2.24) is 15.5 Å². The minimum absolute atomic E-state index is 0.0966. The number of hydrogen-bond acceptors (Lipinski definition) is 2. The fraction of sp³-hybridized carbons (Fsp3) is 0.650. The zero-order chi connectivity index (χ0) is 19.4. The lowest BCUT2D eigenvalue weighted by Crippen LogP contribution is -2.42. The van der Waals surface area contributed by atoms with Gasteiger partial charge in [-0.05, 0) is 64.9 Å². The monoisotopic (exact) mass is 368 g/mol. The van der Waals surface area contributed by atoms with E-state index in [0.717, 1.165) is 39.0 Å². The van der Waals surface area contributed by atoms with Crippen molar-refractivity contribution in [1.29, 1.82) is 0 Å². The van der Waals surface area contributed by atoms with E-state index in [9.17, 15) is 8.78 Å². The number of hydrogen-bond donors (Lipinski definition) is 2. The Labute approximate surface area is 157 Å². The Bertz CT molecular complexity index is 524. The highest BCUT2D eigenvalue weighted by Crippen LogP contribution is 2.12. The van der Waals surface area contributed by atoms with Crippen LogP contribution >= 0.6 is 0 Å². The molecule has 4 nitrogen and oxygen atoms in total. The summed E-state index contributed by atoms with van der Waals surface area (Å²) in [6.07, 6.45) is 2.41. The summed E-state index contributed by atoms with van der Waals surface area (Å²) in [5, 5.41) is 6.57. The van der Waals surface area contributed by atoms with Gasteiger partial charge in [-0.15, -0.1) is 0 Å². The van der Waals surface area contributed by atoms with Crippen molar-refractivity contribution < 1.29 is 8.78 Å². The van der Waals surface area contributed by atoms with Gasteiger partial charge in [0.15, 0.2) is 5.96 Å². The molecule has 1 atom stereocenters. The molecule has 1 aromatic rings. The highest BCUT2D eigenvalue weighted by Gasteiger charge is 2.09. The Morgan fingerprint density at radius 2 is 1.81 bits per heavy atom. The second-order valence-corrected chi connectivity index (χ2v) is 6.43. The predicted octanol–water partition coefficient (Wildman–Crippen LogP) is 3.57. The van der Waals surface area contributed by atoms with Crippen LogP contribution in [0, 0.1) is 11.6 Å². The highest BCUT2D eigenvalue weighted by atomic mass is 19.1. The molecule has 2 N–H and O–H groups in total. The molecule has 1 aromatic carbocycles. The lowest BCUT2D eigenvalue weighted by atomic mass is 10.1. The summed E-state index contributed by atoms with van der Waals surface area (Å²) in [7, 11) is 0. The average molecular weight is 369 g/mol. The number of rotatable bonds is 11. The summed E-state index contributed by atoms with van der Waals surface area (Å²) in [5.74, 6) is -0.328. The summed E-state index contributed by atoms with van der Waals surface area (Å²) in [6.45, 7) is 12.8. The molecule has 0 aliphatic heterocycles. The molecule has 0 radical (unpaired) electrons.